The van der Waals surface area contributed by atoms with Crippen LogP contribution in [0.4, 0.5) is 5.88 Å². The molecule has 5 heteroatoms. The lowest BCUT2D eigenvalue weighted by molar-refractivity contribution is 0.0521. The van der Waals surface area contributed by atoms with Crippen molar-refractivity contribution in [2.75, 3.05) is 11.9 Å². The Balaban J connectivity index is 1.94. The van der Waals surface area contributed by atoms with Crippen molar-refractivity contribution in [2.24, 2.45) is 0 Å². The van der Waals surface area contributed by atoms with Crippen LogP contribution in [0.15, 0.2) is 34.7 Å². The summed E-state index contributed by atoms with van der Waals surface area (Å²) < 4.78 is 10.7. The first-order valence-corrected chi connectivity index (χ1v) is 6.78. The van der Waals surface area contributed by atoms with Gasteiger partial charge in [0.2, 0.25) is 17.5 Å². The molecule has 1 aromatic carbocycles. The Morgan fingerprint density at radius 3 is 2.80 bits per heavy atom. The second-order valence-electron chi connectivity index (χ2n) is 4.70. The van der Waals surface area contributed by atoms with Crippen molar-refractivity contribution in [2.45, 2.75) is 25.8 Å². The van der Waals surface area contributed by atoms with Gasteiger partial charge >= 0.3 is 5.97 Å². The minimum atomic E-state index is -0.457. The van der Waals surface area contributed by atoms with Gasteiger partial charge in [0.05, 0.1) is 6.61 Å². The Bertz CT molecular complexity index is 603. The number of oxazole rings is 1. The number of carbonyl (C=O) groups is 1. The van der Waals surface area contributed by atoms with Crippen LogP contribution in [0.5, 0.6) is 0 Å². The first-order chi connectivity index (χ1) is 9.78. The van der Waals surface area contributed by atoms with Crippen LogP contribution < -0.4 is 5.32 Å². The van der Waals surface area contributed by atoms with E-state index in [1.54, 1.807) is 6.92 Å². The average Bonchev–Trinajstić information content (AvgIpc) is 3.17. The number of nitrogens with zero attached hydrogens (tertiary/aromatic N) is 1. The van der Waals surface area contributed by atoms with E-state index in [0.29, 0.717) is 24.4 Å². The molecule has 0 atom stereocenters. The number of ether oxygens (including phenoxy) is 1. The van der Waals surface area contributed by atoms with Crippen molar-refractivity contribution in [3.63, 3.8) is 0 Å². The molecule has 1 fully saturated rings. The molecule has 0 unspecified atom stereocenters. The fourth-order valence-corrected chi connectivity index (χ4v) is 1.87. The first-order valence-electron chi connectivity index (χ1n) is 6.78. The second kappa shape index (κ2) is 5.36. The molecule has 1 aliphatic rings. The van der Waals surface area contributed by atoms with Crippen LogP contribution in [0.2, 0.25) is 0 Å². The SMILES string of the molecule is CCOC(=O)c1nc(-c2ccccc2)oc1NC1CC1. The summed E-state index contributed by atoms with van der Waals surface area (Å²) in [5.74, 6) is 0.378. The maximum Gasteiger partial charge on any atom is 0.362 e. The van der Waals surface area contributed by atoms with E-state index in [1.165, 1.54) is 0 Å². The number of nitrogens with one attached hydrogen (secondary N) is 1. The van der Waals surface area contributed by atoms with Crippen molar-refractivity contribution < 1.29 is 13.9 Å². The molecule has 1 aliphatic carbocycles. The Kier molecular flexibility index (Phi) is 3.41. The van der Waals surface area contributed by atoms with E-state index in [4.69, 9.17) is 9.15 Å². The lowest BCUT2D eigenvalue weighted by Gasteiger charge is -2.02. The maximum atomic E-state index is 11.9. The molecule has 1 N–H and O–H groups in total. The topological polar surface area (TPSA) is 64.4 Å². The van der Waals surface area contributed by atoms with Gasteiger partial charge < -0.3 is 14.5 Å². The summed E-state index contributed by atoms with van der Waals surface area (Å²) in [6.45, 7) is 2.08. The maximum absolute atomic E-state index is 11.9. The van der Waals surface area contributed by atoms with Crippen molar-refractivity contribution in [3.05, 3.63) is 36.0 Å². The van der Waals surface area contributed by atoms with Gasteiger partial charge in [-0.3, -0.25) is 0 Å². The lowest BCUT2D eigenvalue weighted by atomic mass is 10.2. The normalized spacial score (nSPS) is 14.1. The van der Waals surface area contributed by atoms with Gasteiger partial charge in [0.25, 0.3) is 0 Å². The van der Waals surface area contributed by atoms with E-state index in [1.807, 2.05) is 30.3 Å². The summed E-state index contributed by atoms with van der Waals surface area (Å²) in [7, 11) is 0. The van der Waals surface area contributed by atoms with Crippen molar-refractivity contribution >= 4 is 11.9 Å². The van der Waals surface area contributed by atoms with Crippen LogP contribution in [0.25, 0.3) is 11.5 Å². The molecule has 0 spiro atoms. The molecular weight excluding hydrogens is 256 g/mol. The predicted octanol–water partition coefficient (Wildman–Crippen LogP) is 3.09. The molecule has 1 heterocycles. The molecule has 1 saturated carbocycles. The number of esters is 1. The number of hydrogen-bond acceptors (Lipinski definition) is 5. The van der Waals surface area contributed by atoms with Crippen LogP contribution in [-0.4, -0.2) is 23.6 Å². The van der Waals surface area contributed by atoms with E-state index in [0.717, 1.165) is 18.4 Å². The van der Waals surface area contributed by atoms with E-state index >= 15 is 0 Å². The summed E-state index contributed by atoms with van der Waals surface area (Å²) in [5.41, 5.74) is 1.06. The van der Waals surface area contributed by atoms with Crippen molar-refractivity contribution in [1.29, 1.82) is 0 Å². The highest BCUT2D eigenvalue weighted by atomic mass is 16.5. The van der Waals surface area contributed by atoms with E-state index in [-0.39, 0.29) is 5.69 Å². The van der Waals surface area contributed by atoms with Crippen LogP contribution in [-0.2, 0) is 4.74 Å². The first kappa shape index (κ1) is 12.7. The molecule has 0 bridgehead atoms. The highest BCUT2D eigenvalue weighted by molar-refractivity contribution is 5.93. The van der Waals surface area contributed by atoms with Crippen LogP contribution in [0.3, 0.4) is 0 Å². The quantitative estimate of drug-likeness (QED) is 0.847. The molecule has 0 aliphatic heterocycles. The zero-order valence-corrected chi connectivity index (χ0v) is 11.3. The van der Waals surface area contributed by atoms with Crippen molar-refractivity contribution in [3.8, 4) is 11.5 Å². The van der Waals surface area contributed by atoms with Crippen molar-refractivity contribution in [1.82, 2.24) is 4.98 Å². The molecule has 5 nitrogen and oxygen atoms in total. The molecule has 20 heavy (non-hydrogen) atoms. The molecular formula is C15H16N2O3. The summed E-state index contributed by atoms with van der Waals surface area (Å²) in [5, 5.41) is 3.18. The minimum Gasteiger partial charge on any atom is -0.461 e. The number of hydrogen-bond donors (Lipinski definition) is 1. The number of carbonyl (C=O) groups excluding carboxylic acids is 1. The van der Waals surface area contributed by atoms with E-state index < -0.39 is 5.97 Å². The van der Waals surface area contributed by atoms with Gasteiger partial charge in [0.15, 0.2) is 0 Å². The van der Waals surface area contributed by atoms with Gasteiger partial charge in [0.1, 0.15) is 0 Å². The Morgan fingerprint density at radius 2 is 2.15 bits per heavy atom. The Labute approximate surface area is 117 Å². The zero-order chi connectivity index (χ0) is 13.9. The Morgan fingerprint density at radius 1 is 1.40 bits per heavy atom. The van der Waals surface area contributed by atoms with Gasteiger partial charge in [-0.05, 0) is 31.9 Å². The van der Waals surface area contributed by atoms with Crippen LogP contribution in [0, 0.1) is 0 Å². The van der Waals surface area contributed by atoms with E-state index in [9.17, 15) is 4.79 Å². The third kappa shape index (κ3) is 2.66. The highest BCUT2D eigenvalue weighted by Gasteiger charge is 2.28. The summed E-state index contributed by atoms with van der Waals surface area (Å²) in [6.07, 6.45) is 2.17. The molecule has 0 amide bonds. The molecule has 0 radical (unpaired) electrons. The van der Waals surface area contributed by atoms with Gasteiger partial charge in [-0.1, -0.05) is 18.2 Å². The standard InChI is InChI=1S/C15H16N2O3/c1-2-19-15(18)12-14(16-11-8-9-11)20-13(17-12)10-6-4-3-5-7-10/h3-7,11,16H,2,8-9H2,1H3. The zero-order valence-electron chi connectivity index (χ0n) is 11.3. The number of aromatic nitrogens is 1. The fourth-order valence-electron chi connectivity index (χ4n) is 1.87. The number of benzene rings is 1. The summed E-state index contributed by atoms with van der Waals surface area (Å²) >= 11 is 0. The molecule has 3 rings (SSSR count). The van der Waals surface area contributed by atoms with E-state index in [2.05, 4.69) is 10.3 Å². The monoisotopic (exact) mass is 272 g/mol. The summed E-state index contributed by atoms with van der Waals surface area (Å²) in [4.78, 5) is 16.2. The van der Waals surface area contributed by atoms with Gasteiger partial charge in [-0.2, -0.15) is 4.98 Å². The predicted molar refractivity (Wildman–Crippen MR) is 74.5 cm³/mol. The molecule has 0 saturated heterocycles. The van der Waals surface area contributed by atoms with Gasteiger partial charge in [0, 0.05) is 11.6 Å². The van der Waals surface area contributed by atoms with Crippen LogP contribution in [0.1, 0.15) is 30.3 Å². The molecule has 2 aromatic rings. The third-order valence-corrected chi connectivity index (χ3v) is 3.03. The minimum absolute atomic E-state index is 0.220. The number of rotatable bonds is 5. The molecule has 104 valence electrons. The smallest absolute Gasteiger partial charge is 0.362 e. The summed E-state index contributed by atoms with van der Waals surface area (Å²) in [6, 6.07) is 9.88. The highest BCUT2D eigenvalue weighted by Crippen LogP contribution is 2.31. The Hall–Kier alpha value is -2.30. The molecule has 1 aromatic heterocycles. The lowest BCUT2D eigenvalue weighted by Crippen LogP contribution is -2.10. The average molecular weight is 272 g/mol. The fraction of sp³-hybridized carbons (Fsp3) is 0.333. The van der Waals surface area contributed by atoms with Gasteiger partial charge in [-0.15, -0.1) is 0 Å². The second-order valence-corrected chi connectivity index (χ2v) is 4.70. The third-order valence-electron chi connectivity index (χ3n) is 3.03. The largest absolute Gasteiger partial charge is 0.461 e. The van der Waals surface area contributed by atoms with Crippen LogP contribution >= 0.6 is 0 Å². The van der Waals surface area contributed by atoms with Gasteiger partial charge in [-0.25, -0.2) is 4.79 Å². The number of anilines is 1.